The third-order valence-electron chi connectivity index (χ3n) is 3.47. The van der Waals surface area contributed by atoms with E-state index in [4.69, 9.17) is 11.6 Å². The first-order valence-electron chi connectivity index (χ1n) is 7.26. The Balaban J connectivity index is 2.07. The third-order valence-corrected chi connectivity index (χ3v) is 4.70. The molecule has 0 fully saturated rings. The summed E-state index contributed by atoms with van der Waals surface area (Å²) in [6, 6.07) is 6.51. The van der Waals surface area contributed by atoms with Crippen LogP contribution in [0.3, 0.4) is 0 Å². The van der Waals surface area contributed by atoms with Crippen LogP contribution in [0.4, 0.5) is 0 Å². The van der Waals surface area contributed by atoms with E-state index in [0.717, 1.165) is 35.3 Å². The highest BCUT2D eigenvalue weighted by molar-refractivity contribution is 9.10. The van der Waals surface area contributed by atoms with Gasteiger partial charge in [0.2, 0.25) is 0 Å². The average Bonchev–Trinajstić information content (AvgIpc) is 2.88. The highest BCUT2D eigenvalue weighted by atomic mass is 79.9. The van der Waals surface area contributed by atoms with Crippen LogP contribution in [0.15, 0.2) is 35.1 Å². The summed E-state index contributed by atoms with van der Waals surface area (Å²) in [7, 11) is 1.95. The van der Waals surface area contributed by atoms with Crippen LogP contribution in [0.25, 0.3) is 0 Å². The number of halogens is 2. The van der Waals surface area contributed by atoms with Crippen LogP contribution < -0.4 is 5.32 Å². The van der Waals surface area contributed by atoms with Gasteiger partial charge in [-0.15, -0.1) is 0 Å². The van der Waals surface area contributed by atoms with Crippen molar-refractivity contribution in [1.82, 2.24) is 15.1 Å². The highest BCUT2D eigenvalue weighted by Crippen LogP contribution is 2.28. The molecule has 1 aromatic carbocycles. The standard InChI is InChI=1S/C16H21BrClN3/c1-3-8-19-16(7-4-12-10-20-21(2)11-12)13-5-6-14(17)15(18)9-13/h5-6,9-11,16,19H,3-4,7-8H2,1-2H3. The van der Waals surface area contributed by atoms with Crippen LogP contribution in [0, 0.1) is 0 Å². The van der Waals surface area contributed by atoms with Gasteiger partial charge in [0.1, 0.15) is 0 Å². The molecular weight excluding hydrogens is 350 g/mol. The number of benzene rings is 1. The molecule has 1 heterocycles. The van der Waals surface area contributed by atoms with E-state index in [-0.39, 0.29) is 0 Å². The molecule has 1 atom stereocenters. The smallest absolute Gasteiger partial charge is 0.0551 e. The number of aromatic nitrogens is 2. The topological polar surface area (TPSA) is 29.9 Å². The predicted octanol–water partition coefficient (Wildman–Crippen LogP) is 4.51. The summed E-state index contributed by atoms with van der Waals surface area (Å²) in [5.41, 5.74) is 2.50. The molecule has 5 heteroatoms. The van der Waals surface area contributed by atoms with Gasteiger partial charge in [-0.3, -0.25) is 4.68 Å². The van der Waals surface area contributed by atoms with Gasteiger partial charge in [0.15, 0.2) is 0 Å². The van der Waals surface area contributed by atoms with Gasteiger partial charge >= 0.3 is 0 Å². The summed E-state index contributed by atoms with van der Waals surface area (Å²) >= 11 is 9.67. The normalized spacial score (nSPS) is 12.6. The van der Waals surface area contributed by atoms with Crippen molar-refractivity contribution in [3.05, 3.63) is 51.2 Å². The van der Waals surface area contributed by atoms with Crippen molar-refractivity contribution in [3.63, 3.8) is 0 Å². The first-order chi connectivity index (χ1) is 10.1. The van der Waals surface area contributed by atoms with Crippen LogP contribution in [0.5, 0.6) is 0 Å². The molecule has 0 amide bonds. The molecular formula is C16H21BrClN3. The zero-order chi connectivity index (χ0) is 15.2. The van der Waals surface area contributed by atoms with E-state index in [0.29, 0.717) is 6.04 Å². The summed E-state index contributed by atoms with van der Waals surface area (Å²) in [5.74, 6) is 0. The molecule has 0 aliphatic carbocycles. The zero-order valence-corrected chi connectivity index (χ0v) is 14.8. The lowest BCUT2D eigenvalue weighted by molar-refractivity contribution is 0.499. The lowest BCUT2D eigenvalue weighted by Crippen LogP contribution is -2.22. The second-order valence-electron chi connectivity index (χ2n) is 5.24. The fourth-order valence-electron chi connectivity index (χ4n) is 2.35. The minimum Gasteiger partial charge on any atom is -0.310 e. The first kappa shape index (κ1) is 16.5. The minimum absolute atomic E-state index is 0.316. The van der Waals surface area contributed by atoms with Gasteiger partial charge in [-0.1, -0.05) is 24.6 Å². The number of nitrogens with one attached hydrogen (secondary N) is 1. The van der Waals surface area contributed by atoms with Gasteiger partial charge in [-0.05, 0) is 65.0 Å². The van der Waals surface area contributed by atoms with Crippen molar-refractivity contribution in [3.8, 4) is 0 Å². The molecule has 2 aromatic rings. The summed E-state index contributed by atoms with van der Waals surface area (Å²) in [6.45, 7) is 3.19. The van der Waals surface area contributed by atoms with Crippen LogP contribution in [-0.4, -0.2) is 16.3 Å². The van der Waals surface area contributed by atoms with E-state index < -0.39 is 0 Å². The van der Waals surface area contributed by atoms with E-state index in [2.05, 4.69) is 45.5 Å². The molecule has 114 valence electrons. The molecule has 0 saturated carbocycles. The van der Waals surface area contributed by atoms with Crippen LogP contribution >= 0.6 is 27.5 Å². The molecule has 0 spiro atoms. The van der Waals surface area contributed by atoms with Crippen LogP contribution in [-0.2, 0) is 13.5 Å². The van der Waals surface area contributed by atoms with E-state index in [1.807, 2.05) is 30.1 Å². The molecule has 2 rings (SSSR count). The van der Waals surface area contributed by atoms with Gasteiger partial charge < -0.3 is 5.32 Å². The molecule has 1 aromatic heterocycles. The average molecular weight is 371 g/mol. The predicted molar refractivity (Wildman–Crippen MR) is 91.7 cm³/mol. The molecule has 0 saturated heterocycles. The monoisotopic (exact) mass is 369 g/mol. The SMILES string of the molecule is CCCNC(CCc1cnn(C)c1)c1ccc(Br)c(Cl)c1. The molecule has 1 unspecified atom stereocenters. The van der Waals surface area contributed by atoms with E-state index in [9.17, 15) is 0 Å². The van der Waals surface area contributed by atoms with Crippen molar-refractivity contribution in [2.45, 2.75) is 32.2 Å². The molecule has 0 radical (unpaired) electrons. The maximum Gasteiger partial charge on any atom is 0.0551 e. The Morgan fingerprint density at radius 2 is 2.24 bits per heavy atom. The fraction of sp³-hybridized carbons (Fsp3) is 0.438. The molecule has 0 bridgehead atoms. The van der Waals surface area contributed by atoms with E-state index in [1.165, 1.54) is 11.1 Å². The largest absolute Gasteiger partial charge is 0.310 e. The number of aryl methyl sites for hydroxylation is 2. The van der Waals surface area contributed by atoms with Gasteiger partial charge in [-0.25, -0.2) is 0 Å². The summed E-state index contributed by atoms with van der Waals surface area (Å²) in [5, 5.41) is 8.59. The quantitative estimate of drug-likeness (QED) is 0.777. The first-order valence-corrected chi connectivity index (χ1v) is 8.43. The van der Waals surface area contributed by atoms with Gasteiger partial charge in [0.05, 0.1) is 11.2 Å². The number of rotatable bonds is 7. The molecule has 21 heavy (non-hydrogen) atoms. The maximum atomic E-state index is 6.22. The Morgan fingerprint density at radius 3 is 2.86 bits per heavy atom. The Kier molecular flexibility index (Phi) is 6.27. The second kappa shape index (κ2) is 7.97. The number of hydrogen-bond donors (Lipinski definition) is 1. The summed E-state index contributed by atoms with van der Waals surface area (Å²) in [4.78, 5) is 0. The molecule has 0 aliphatic heterocycles. The maximum absolute atomic E-state index is 6.22. The second-order valence-corrected chi connectivity index (χ2v) is 6.50. The Bertz CT molecular complexity index is 583. The fourth-order valence-corrected chi connectivity index (χ4v) is 2.78. The third kappa shape index (κ3) is 4.83. The van der Waals surface area contributed by atoms with Gasteiger partial charge in [0, 0.05) is 23.8 Å². The minimum atomic E-state index is 0.316. The Labute approximate surface area is 139 Å². The van der Waals surface area contributed by atoms with Crippen molar-refractivity contribution in [2.75, 3.05) is 6.54 Å². The van der Waals surface area contributed by atoms with Crippen LogP contribution in [0.2, 0.25) is 5.02 Å². The highest BCUT2D eigenvalue weighted by Gasteiger charge is 2.12. The van der Waals surface area contributed by atoms with Gasteiger partial charge in [-0.2, -0.15) is 5.10 Å². The van der Waals surface area contributed by atoms with Crippen LogP contribution in [0.1, 0.15) is 36.9 Å². The number of hydrogen-bond acceptors (Lipinski definition) is 2. The molecule has 3 nitrogen and oxygen atoms in total. The van der Waals surface area contributed by atoms with Crippen molar-refractivity contribution in [1.29, 1.82) is 0 Å². The molecule has 1 N–H and O–H groups in total. The Morgan fingerprint density at radius 1 is 1.43 bits per heavy atom. The van der Waals surface area contributed by atoms with Gasteiger partial charge in [0.25, 0.3) is 0 Å². The van der Waals surface area contributed by atoms with E-state index >= 15 is 0 Å². The van der Waals surface area contributed by atoms with Crippen molar-refractivity contribution < 1.29 is 0 Å². The Hall–Kier alpha value is -0.840. The van der Waals surface area contributed by atoms with Crippen molar-refractivity contribution >= 4 is 27.5 Å². The lowest BCUT2D eigenvalue weighted by Gasteiger charge is -2.19. The molecule has 0 aliphatic rings. The lowest BCUT2D eigenvalue weighted by atomic mass is 10.00. The number of nitrogens with zero attached hydrogens (tertiary/aromatic N) is 2. The summed E-state index contributed by atoms with van der Waals surface area (Å²) in [6.07, 6.45) is 7.16. The zero-order valence-electron chi connectivity index (χ0n) is 12.4. The van der Waals surface area contributed by atoms with E-state index in [1.54, 1.807) is 0 Å². The van der Waals surface area contributed by atoms with Crippen molar-refractivity contribution in [2.24, 2.45) is 7.05 Å². The summed E-state index contributed by atoms with van der Waals surface area (Å²) < 4.78 is 2.79.